The minimum absolute atomic E-state index is 0.205. The van der Waals surface area contributed by atoms with Crippen LogP contribution in [0.5, 0.6) is 0 Å². The highest BCUT2D eigenvalue weighted by Crippen LogP contribution is 2.21. The zero-order valence-corrected chi connectivity index (χ0v) is 7.74. The molecule has 0 amide bonds. The summed E-state index contributed by atoms with van der Waals surface area (Å²) in [5.74, 6) is 0. The fourth-order valence-corrected chi connectivity index (χ4v) is 1.85. The summed E-state index contributed by atoms with van der Waals surface area (Å²) in [5, 5.41) is 0. The van der Waals surface area contributed by atoms with Gasteiger partial charge in [0.1, 0.15) is 0 Å². The molecule has 2 N–H and O–H groups in total. The van der Waals surface area contributed by atoms with Crippen LogP contribution in [0.25, 0.3) is 0 Å². The molecule has 1 aromatic rings. The van der Waals surface area contributed by atoms with E-state index < -0.39 is 0 Å². The second kappa shape index (κ2) is 3.79. The molecule has 1 saturated heterocycles. The number of nitrogens with zero attached hydrogens (tertiary/aromatic N) is 1. The molecule has 2 nitrogen and oxygen atoms in total. The zero-order valence-electron chi connectivity index (χ0n) is 7.74. The number of nitrogens with two attached hydrogens (primary N) is 1. The Balaban J connectivity index is 2.15. The third-order valence-corrected chi connectivity index (χ3v) is 2.58. The molecule has 1 atom stereocenters. The summed E-state index contributed by atoms with van der Waals surface area (Å²) in [5.41, 5.74) is 7.25. The van der Waals surface area contributed by atoms with Crippen molar-refractivity contribution in [2.45, 2.75) is 25.4 Å². The van der Waals surface area contributed by atoms with Gasteiger partial charge in [-0.2, -0.15) is 0 Å². The summed E-state index contributed by atoms with van der Waals surface area (Å²) in [6.07, 6.45) is 3.83. The summed E-state index contributed by atoms with van der Waals surface area (Å²) in [7, 11) is 0. The van der Waals surface area contributed by atoms with Gasteiger partial charge in [0.15, 0.2) is 0 Å². The largest absolute Gasteiger partial charge is 0.356 e. The molecule has 1 aliphatic heterocycles. The van der Waals surface area contributed by atoms with Gasteiger partial charge in [-0.1, -0.05) is 12.1 Å². The van der Waals surface area contributed by atoms with Gasteiger partial charge >= 0.3 is 0 Å². The molecule has 0 aliphatic carbocycles. The molecule has 69 valence electrons. The van der Waals surface area contributed by atoms with Gasteiger partial charge in [-0.3, -0.25) is 0 Å². The Morgan fingerprint density at radius 3 is 2.77 bits per heavy atom. The van der Waals surface area contributed by atoms with E-state index in [0.29, 0.717) is 0 Å². The summed E-state index contributed by atoms with van der Waals surface area (Å²) < 4.78 is 0. The van der Waals surface area contributed by atoms with Crippen molar-refractivity contribution >= 4 is 5.69 Å². The maximum Gasteiger partial charge on any atom is 0.0770 e. The molecule has 1 aromatic carbocycles. The Kier molecular flexibility index (Phi) is 2.50. The average molecular weight is 175 g/mol. The molecule has 2 rings (SSSR count). The SMILES string of the molecule is NC1CCCCN1c1cc[c]cc1. The molecular weight excluding hydrogens is 160 g/mol. The van der Waals surface area contributed by atoms with Crippen LogP contribution in [0, 0.1) is 6.07 Å². The predicted molar refractivity (Wildman–Crippen MR) is 54.5 cm³/mol. The van der Waals surface area contributed by atoms with Gasteiger partial charge in [0.25, 0.3) is 0 Å². The minimum atomic E-state index is 0.205. The molecule has 13 heavy (non-hydrogen) atoms. The van der Waals surface area contributed by atoms with Gasteiger partial charge in [0.2, 0.25) is 0 Å². The number of rotatable bonds is 1. The van der Waals surface area contributed by atoms with Crippen molar-refractivity contribution in [2.24, 2.45) is 5.73 Å². The van der Waals surface area contributed by atoms with Gasteiger partial charge in [-0.15, -0.1) is 0 Å². The fourth-order valence-electron chi connectivity index (χ4n) is 1.85. The van der Waals surface area contributed by atoms with Crippen molar-refractivity contribution in [3.8, 4) is 0 Å². The molecule has 1 aliphatic rings. The van der Waals surface area contributed by atoms with Gasteiger partial charge in [-0.25, -0.2) is 0 Å². The van der Waals surface area contributed by atoms with Crippen LogP contribution in [-0.4, -0.2) is 12.7 Å². The molecule has 0 bridgehead atoms. The molecule has 0 spiro atoms. The number of benzene rings is 1. The summed E-state index contributed by atoms with van der Waals surface area (Å²) in [6.45, 7) is 1.09. The second-order valence-corrected chi connectivity index (χ2v) is 3.51. The summed E-state index contributed by atoms with van der Waals surface area (Å²) >= 11 is 0. The van der Waals surface area contributed by atoms with Crippen molar-refractivity contribution < 1.29 is 0 Å². The fraction of sp³-hybridized carbons (Fsp3) is 0.455. The molecular formula is C11H15N2. The lowest BCUT2D eigenvalue weighted by Crippen LogP contribution is -2.45. The lowest BCUT2D eigenvalue weighted by Gasteiger charge is -2.34. The van der Waals surface area contributed by atoms with Gasteiger partial charge in [0, 0.05) is 12.2 Å². The highest BCUT2D eigenvalue weighted by Gasteiger charge is 2.18. The standard InChI is InChI=1S/C11H15N2/c12-11-8-4-5-9-13(11)10-6-2-1-3-7-10/h2-3,6-7,11H,4-5,8-9,12H2. The lowest BCUT2D eigenvalue weighted by molar-refractivity contribution is 0.470. The van der Waals surface area contributed by atoms with E-state index in [4.69, 9.17) is 5.73 Å². The Labute approximate surface area is 79.4 Å². The minimum Gasteiger partial charge on any atom is -0.356 e. The van der Waals surface area contributed by atoms with Crippen LogP contribution < -0.4 is 10.6 Å². The van der Waals surface area contributed by atoms with Crippen molar-refractivity contribution in [1.29, 1.82) is 0 Å². The maximum absolute atomic E-state index is 6.03. The molecule has 1 heterocycles. The smallest absolute Gasteiger partial charge is 0.0770 e. The van der Waals surface area contributed by atoms with Crippen molar-refractivity contribution in [2.75, 3.05) is 11.4 Å². The van der Waals surface area contributed by atoms with Gasteiger partial charge in [0.05, 0.1) is 6.17 Å². The monoisotopic (exact) mass is 175 g/mol. The van der Waals surface area contributed by atoms with E-state index in [0.717, 1.165) is 13.0 Å². The van der Waals surface area contributed by atoms with E-state index >= 15 is 0 Å². The second-order valence-electron chi connectivity index (χ2n) is 3.51. The van der Waals surface area contributed by atoms with E-state index in [1.165, 1.54) is 18.5 Å². The number of piperidine rings is 1. The summed E-state index contributed by atoms with van der Waals surface area (Å²) in [6, 6.07) is 11.1. The van der Waals surface area contributed by atoms with E-state index in [9.17, 15) is 0 Å². The van der Waals surface area contributed by atoms with Crippen LogP contribution in [0.4, 0.5) is 5.69 Å². The first-order chi connectivity index (χ1) is 6.38. The first-order valence-electron chi connectivity index (χ1n) is 4.86. The van der Waals surface area contributed by atoms with Crippen LogP contribution in [0.2, 0.25) is 0 Å². The quantitative estimate of drug-likeness (QED) is 0.704. The van der Waals surface area contributed by atoms with Gasteiger partial charge in [-0.05, 0) is 37.5 Å². The first kappa shape index (κ1) is 8.57. The molecule has 2 heteroatoms. The Morgan fingerprint density at radius 1 is 1.31 bits per heavy atom. The highest BCUT2D eigenvalue weighted by molar-refractivity contribution is 5.46. The molecule has 1 radical (unpaired) electrons. The predicted octanol–water partition coefficient (Wildman–Crippen LogP) is 1.76. The normalized spacial score (nSPS) is 23.2. The van der Waals surface area contributed by atoms with E-state index in [1.807, 2.05) is 12.1 Å². The van der Waals surface area contributed by atoms with Crippen molar-refractivity contribution in [3.05, 3.63) is 30.3 Å². The number of anilines is 1. The molecule has 1 unspecified atom stereocenters. The molecule has 0 aromatic heterocycles. The van der Waals surface area contributed by atoms with E-state index in [2.05, 4.69) is 23.1 Å². The average Bonchev–Trinajstić information content (AvgIpc) is 2.20. The topological polar surface area (TPSA) is 29.3 Å². The number of hydrogen-bond donors (Lipinski definition) is 1. The maximum atomic E-state index is 6.03. The van der Waals surface area contributed by atoms with Crippen LogP contribution in [0.1, 0.15) is 19.3 Å². The molecule has 1 fully saturated rings. The third-order valence-electron chi connectivity index (χ3n) is 2.58. The number of hydrogen-bond acceptors (Lipinski definition) is 2. The van der Waals surface area contributed by atoms with E-state index in [-0.39, 0.29) is 6.17 Å². The van der Waals surface area contributed by atoms with Crippen molar-refractivity contribution in [3.63, 3.8) is 0 Å². The first-order valence-corrected chi connectivity index (χ1v) is 4.86. The Bertz CT molecular complexity index is 258. The third kappa shape index (κ3) is 1.83. The van der Waals surface area contributed by atoms with Crippen LogP contribution >= 0.6 is 0 Å². The highest BCUT2D eigenvalue weighted by atomic mass is 15.2. The zero-order chi connectivity index (χ0) is 9.10. The van der Waals surface area contributed by atoms with E-state index in [1.54, 1.807) is 0 Å². The summed E-state index contributed by atoms with van der Waals surface area (Å²) in [4.78, 5) is 2.28. The lowest BCUT2D eigenvalue weighted by atomic mass is 10.1. The van der Waals surface area contributed by atoms with Gasteiger partial charge < -0.3 is 10.6 Å². The Hall–Kier alpha value is -1.02. The molecule has 0 saturated carbocycles. The van der Waals surface area contributed by atoms with Crippen LogP contribution in [0.3, 0.4) is 0 Å². The van der Waals surface area contributed by atoms with Crippen LogP contribution in [-0.2, 0) is 0 Å². The van der Waals surface area contributed by atoms with Crippen molar-refractivity contribution in [1.82, 2.24) is 0 Å². The van der Waals surface area contributed by atoms with Crippen LogP contribution in [0.15, 0.2) is 24.3 Å². The Morgan fingerprint density at radius 2 is 2.08 bits per heavy atom.